The Morgan fingerprint density at radius 2 is 0.761 bits per heavy atom. The number of hydrogen-bond acceptors (Lipinski definition) is 0. The highest BCUT2D eigenvalue weighted by Crippen LogP contribution is 2.46. The lowest BCUT2D eigenvalue weighted by Crippen LogP contribution is -2.25. The van der Waals surface area contributed by atoms with Crippen LogP contribution in [0.3, 0.4) is 0 Å². The van der Waals surface area contributed by atoms with Gasteiger partial charge >= 0.3 is 30.9 Å². The summed E-state index contributed by atoms with van der Waals surface area (Å²) in [6.45, 7) is 4.65. The zero-order valence-electron chi connectivity index (χ0n) is 22.8. The number of benzene rings is 3. The minimum absolute atomic E-state index is 0.00599. The van der Waals surface area contributed by atoms with Gasteiger partial charge in [0.15, 0.2) is 0 Å². The number of hydrogen-bond donors (Lipinski definition) is 0. The Kier molecular flexibility index (Phi) is 8.50. The van der Waals surface area contributed by atoms with Crippen molar-refractivity contribution in [3.05, 3.63) is 112 Å². The fourth-order valence-corrected chi connectivity index (χ4v) is 4.82. The van der Waals surface area contributed by atoms with Crippen LogP contribution in [0.25, 0.3) is 27.8 Å². The van der Waals surface area contributed by atoms with Gasteiger partial charge in [-0.3, -0.25) is 0 Å². The lowest BCUT2D eigenvalue weighted by molar-refractivity contribution is -0.150. The molecular formula is C31H17F15. The molecule has 3 aromatic rings. The zero-order valence-corrected chi connectivity index (χ0v) is 22.8. The van der Waals surface area contributed by atoms with Gasteiger partial charge in [0, 0.05) is 0 Å². The van der Waals surface area contributed by atoms with E-state index in [-0.39, 0.29) is 53.1 Å². The van der Waals surface area contributed by atoms with E-state index in [9.17, 15) is 65.9 Å². The van der Waals surface area contributed by atoms with Gasteiger partial charge in [-0.1, -0.05) is 24.3 Å². The minimum Gasteiger partial charge on any atom is -0.170 e. The Bertz CT molecular complexity index is 1580. The van der Waals surface area contributed by atoms with Crippen LogP contribution in [0.1, 0.15) is 34.7 Å². The average molecular weight is 674 g/mol. The summed E-state index contributed by atoms with van der Waals surface area (Å²) in [4.78, 5) is 0. The van der Waals surface area contributed by atoms with Crippen LogP contribution in [0.4, 0.5) is 65.9 Å². The summed E-state index contributed by atoms with van der Waals surface area (Å²) in [6.07, 6.45) is -24.3. The molecule has 0 nitrogen and oxygen atoms in total. The Morgan fingerprint density at radius 1 is 0.457 bits per heavy atom. The van der Waals surface area contributed by atoms with Crippen molar-refractivity contribution < 1.29 is 65.9 Å². The van der Waals surface area contributed by atoms with Gasteiger partial charge < -0.3 is 0 Å². The molecule has 3 aromatic carbocycles. The van der Waals surface area contributed by atoms with Crippen LogP contribution in [-0.2, 0) is 24.7 Å². The fourth-order valence-electron chi connectivity index (χ4n) is 4.82. The molecule has 0 saturated carbocycles. The maximum Gasteiger partial charge on any atom is 0.416 e. The molecule has 0 saturated heterocycles. The molecule has 15 heteroatoms. The van der Waals surface area contributed by atoms with Crippen LogP contribution in [0.5, 0.6) is 0 Å². The molecule has 0 aromatic heterocycles. The van der Waals surface area contributed by atoms with Gasteiger partial charge in [0.1, 0.15) is 0 Å². The van der Waals surface area contributed by atoms with Gasteiger partial charge in [-0.15, -0.1) is 0 Å². The molecule has 0 amide bonds. The number of rotatable bonds is 3. The molecule has 0 bridgehead atoms. The summed E-state index contributed by atoms with van der Waals surface area (Å²) in [7, 11) is 0. The third-order valence-corrected chi connectivity index (χ3v) is 6.96. The second-order valence-electron chi connectivity index (χ2n) is 10.4. The van der Waals surface area contributed by atoms with Crippen molar-refractivity contribution in [3.63, 3.8) is 0 Å². The molecule has 0 fully saturated rings. The molecule has 0 aliphatic heterocycles. The molecule has 0 N–H and O–H groups in total. The van der Waals surface area contributed by atoms with Crippen LogP contribution in [0.15, 0.2) is 84.5 Å². The summed E-state index contributed by atoms with van der Waals surface area (Å²) in [5, 5.41) is 0. The highest BCUT2D eigenvalue weighted by Gasteiger charge is 2.43. The lowest BCUT2D eigenvalue weighted by Gasteiger charge is -2.26. The van der Waals surface area contributed by atoms with Gasteiger partial charge in [-0.2, -0.15) is 65.9 Å². The molecule has 46 heavy (non-hydrogen) atoms. The summed E-state index contributed by atoms with van der Waals surface area (Å²) >= 11 is 0. The first-order valence-electron chi connectivity index (χ1n) is 12.7. The fraction of sp³-hybridized carbons (Fsp3) is 0.226. The molecule has 4 rings (SSSR count). The molecule has 0 spiro atoms. The summed E-state index contributed by atoms with van der Waals surface area (Å²) in [5.74, 6) is -2.31. The van der Waals surface area contributed by atoms with Crippen molar-refractivity contribution in [2.45, 2.75) is 37.8 Å². The molecular weight excluding hydrogens is 657 g/mol. The highest BCUT2D eigenvalue weighted by atomic mass is 19.4. The molecule has 1 unspecified atom stereocenters. The van der Waals surface area contributed by atoms with Crippen molar-refractivity contribution in [2.24, 2.45) is 5.92 Å². The molecule has 0 heterocycles. The molecule has 1 aliphatic carbocycles. The SMILES string of the molecule is C=C1C(c2cc(-c3cc(C(F)(F)F)cc(C(F)(F)F)c3)cc(-c3cc(C(F)(F)F)cc(C(F)(F)F)c3)c2)=CC(C)=CC1C(F)(F)F. The smallest absolute Gasteiger partial charge is 0.170 e. The van der Waals surface area contributed by atoms with E-state index in [4.69, 9.17) is 0 Å². The Hall–Kier alpha value is -4.17. The van der Waals surface area contributed by atoms with Crippen LogP contribution < -0.4 is 0 Å². The van der Waals surface area contributed by atoms with E-state index < -0.39 is 86.9 Å². The van der Waals surface area contributed by atoms with Gasteiger partial charge in [-0.25, -0.2) is 0 Å². The van der Waals surface area contributed by atoms with Crippen molar-refractivity contribution in [1.29, 1.82) is 0 Å². The molecule has 0 radical (unpaired) electrons. The lowest BCUT2D eigenvalue weighted by atomic mass is 9.81. The summed E-state index contributed by atoms with van der Waals surface area (Å²) in [5.41, 5.74) is -11.4. The summed E-state index contributed by atoms with van der Waals surface area (Å²) < 4.78 is 205. The monoisotopic (exact) mass is 674 g/mol. The molecule has 1 aliphatic rings. The van der Waals surface area contributed by atoms with E-state index in [1.807, 2.05) is 0 Å². The van der Waals surface area contributed by atoms with Gasteiger partial charge in [-0.05, 0) is 100 Å². The quantitative estimate of drug-likeness (QED) is 0.243. The number of allylic oxidation sites excluding steroid dienone is 5. The first-order valence-corrected chi connectivity index (χ1v) is 12.7. The van der Waals surface area contributed by atoms with E-state index in [0.717, 1.165) is 30.4 Å². The first kappa shape index (κ1) is 34.7. The first-order chi connectivity index (χ1) is 20.7. The van der Waals surface area contributed by atoms with Crippen LogP contribution >= 0.6 is 0 Å². The second-order valence-corrected chi connectivity index (χ2v) is 10.4. The molecule has 246 valence electrons. The van der Waals surface area contributed by atoms with E-state index in [2.05, 4.69) is 6.58 Å². The van der Waals surface area contributed by atoms with E-state index in [1.165, 1.54) is 6.92 Å². The third-order valence-electron chi connectivity index (χ3n) is 6.96. The predicted octanol–water partition coefficient (Wildman–Crippen LogP) is 12.2. The maximum atomic E-state index is 13.8. The minimum atomic E-state index is -5.33. The Labute approximate surface area is 250 Å². The van der Waals surface area contributed by atoms with E-state index in [0.29, 0.717) is 0 Å². The topological polar surface area (TPSA) is 0 Å². The van der Waals surface area contributed by atoms with Gasteiger partial charge in [0.2, 0.25) is 0 Å². The summed E-state index contributed by atoms with van der Waals surface area (Å²) in [6, 6.07) is 3.14. The highest BCUT2D eigenvalue weighted by molar-refractivity contribution is 5.88. The normalized spacial score (nSPS) is 16.8. The standard InChI is InChI=1S/C31H17F15/c1-14-3-25(15(2)26(4-14)31(44,45)46)20-6-16(18-8-21(27(32,33)34)12-22(9-18)28(35,36)37)5-17(7-20)19-10-23(29(38,39)40)13-24(11-19)30(41,42)43/h3-13,26H,2H2,1H3. The van der Waals surface area contributed by atoms with Crippen molar-refractivity contribution >= 4 is 5.57 Å². The third kappa shape index (κ3) is 7.44. The number of halogens is 15. The van der Waals surface area contributed by atoms with Crippen molar-refractivity contribution in [3.8, 4) is 22.3 Å². The number of alkyl halides is 15. The molecule has 1 atom stereocenters. The second kappa shape index (κ2) is 11.3. The van der Waals surface area contributed by atoms with Crippen LogP contribution in [0.2, 0.25) is 0 Å². The van der Waals surface area contributed by atoms with Gasteiger partial charge in [0.05, 0.1) is 28.2 Å². The van der Waals surface area contributed by atoms with E-state index >= 15 is 0 Å². The maximum absolute atomic E-state index is 13.8. The average Bonchev–Trinajstić information content (AvgIpc) is 2.91. The zero-order chi connectivity index (χ0) is 34.8. The van der Waals surface area contributed by atoms with Gasteiger partial charge in [0.25, 0.3) is 0 Å². The largest absolute Gasteiger partial charge is 0.416 e. The van der Waals surface area contributed by atoms with Crippen LogP contribution in [-0.4, -0.2) is 6.18 Å². The van der Waals surface area contributed by atoms with E-state index in [1.54, 1.807) is 0 Å². The van der Waals surface area contributed by atoms with Crippen molar-refractivity contribution in [2.75, 3.05) is 0 Å². The van der Waals surface area contributed by atoms with Crippen LogP contribution in [0, 0.1) is 5.92 Å². The van der Waals surface area contributed by atoms with Crippen molar-refractivity contribution in [1.82, 2.24) is 0 Å². The Balaban J connectivity index is 2.10. The Morgan fingerprint density at radius 3 is 1.07 bits per heavy atom. The predicted molar refractivity (Wildman–Crippen MR) is 138 cm³/mol.